The van der Waals surface area contributed by atoms with Gasteiger partial charge in [-0.2, -0.15) is 0 Å². The predicted octanol–water partition coefficient (Wildman–Crippen LogP) is 1.47. The molecule has 0 fully saturated rings. The molecule has 0 aliphatic carbocycles. The van der Waals surface area contributed by atoms with Gasteiger partial charge >= 0.3 is 5.97 Å². The van der Waals surface area contributed by atoms with E-state index in [0.29, 0.717) is 13.0 Å². The molecule has 0 rings (SSSR count). The highest BCUT2D eigenvalue weighted by Crippen LogP contribution is 1.99. The molecule has 1 unspecified atom stereocenters. The maximum atomic E-state index is 11.1. The van der Waals surface area contributed by atoms with Gasteiger partial charge in [0.15, 0.2) is 0 Å². The number of hydrogen-bond acceptors (Lipinski definition) is 4. The van der Waals surface area contributed by atoms with Crippen LogP contribution in [-0.4, -0.2) is 36.9 Å². The van der Waals surface area contributed by atoms with Gasteiger partial charge < -0.3 is 15.2 Å². The van der Waals surface area contributed by atoms with Crippen LogP contribution in [-0.2, 0) is 9.53 Å². The summed E-state index contributed by atoms with van der Waals surface area (Å²) in [5.41, 5.74) is 0. The van der Waals surface area contributed by atoms with E-state index in [-0.39, 0.29) is 18.6 Å². The smallest absolute Gasteiger partial charge is 0.307 e. The molecule has 0 saturated carbocycles. The zero-order valence-electron chi connectivity index (χ0n) is 10.5. The molecular formula is C12H25NO3. The van der Waals surface area contributed by atoms with Crippen LogP contribution in [0.5, 0.6) is 0 Å². The first-order valence-electron chi connectivity index (χ1n) is 6.20. The number of rotatable bonds is 10. The van der Waals surface area contributed by atoms with E-state index in [4.69, 9.17) is 9.84 Å². The quantitative estimate of drug-likeness (QED) is 0.441. The van der Waals surface area contributed by atoms with Crippen LogP contribution < -0.4 is 5.32 Å². The van der Waals surface area contributed by atoms with E-state index in [1.807, 2.05) is 13.8 Å². The monoisotopic (exact) mass is 231 g/mol. The lowest BCUT2D eigenvalue weighted by Gasteiger charge is -2.12. The topological polar surface area (TPSA) is 58.6 Å². The molecule has 0 aliphatic heterocycles. The maximum Gasteiger partial charge on any atom is 0.307 e. The number of aliphatic hydroxyl groups excluding tert-OH is 1. The number of ether oxygens (including phenoxy) is 1. The third-order valence-electron chi connectivity index (χ3n) is 2.36. The van der Waals surface area contributed by atoms with E-state index in [1.54, 1.807) is 0 Å². The highest BCUT2D eigenvalue weighted by Gasteiger charge is 2.08. The van der Waals surface area contributed by atoms with Crippen LogP contribution in [0.4, 0.5) is 0 Å². The van der Waals surface area contributed by atoms with Gasteiger partial charge in [-0.05, 0) is 33.2 Å². The van der Waals surface area contributed by atoms with Gasteiger partial charge in [0.25, 0.3) is 0 Å². The molecule has 0 spiro atoms. The fourth-order valence-corrected chi connectivity index (χ4v) is 1.48. The summed E-state index contributed by atoms with van der Waals surface area (Å²) < 4.78 is 4.87. The molecule has 4 heteroatoms. The average Bonchev–Trinajstić information content (AvgIpc) is 2.23. The van der Waals surface area contributed by atoms with Crippen molar-refractivity contribution in [2.24, 2.45) is 0 Å². The van der Waals surface area contributed by atoms with Crippen molar-refractivity contribution in [2.75, 3.05) is 19.8 Å². The standard InChI is InChI=1S/C12H25NO3/c1-3-16-12(15)10-11(2)13-8-6-4-5-7-9-14/h11,13-14H,3-10H2,1-2H3. The predicted molar refractivity (Wildman–Crippen MR) is 64.3 cm³/mol. The lowest BCUT2D eigenvalue weighted by molar-refractivity contribution is -0.143. The molecule has 4 nitrogen and oxygen atoms in total. The summed E-state index contributed by atoms with van der Waals surface area (Å²) in [6, 6.07) is 0.178. The Kier molecular flexibility index (Phi) is 10.5. The lowest BCUT2D eigenvalue weighted by Crippen LogP contribution is -2.30. The molecule has 0 aliphatic rings. The Balaban J connectivity index is 3.29. The van der Waals surface area contributed by atoms with Crippen LogP contribution in [0.3, 0.4) is 0 Å². The number of carbonyl (C=O) groups is 1. The van der Waals surface area contributed by atoms with Crippen LogP contribution in [0.2, 0.25) is 0 Å². The van der Waals surface area contributed by atoms with Crippen molar-refractivity contribution >= 4 is 5.97 Å². The molecule has 0 radical (unpaired) electrons. The van der Waals surface area contributed by atoms with Gasteiger partial charge in [0.1, 0.15) is 0 Å². The second-order valence-electron chi connectivity index (χ2n) is 4.00. The minimum Gasteiger partial charge on any atom is -0.466 e. The highest BCUT2D eigenvalue weighted by atomic mass is 16.5. The summed E-state index contributed by atoms with van der Waals surface area (Å²) in [7, 11) is 0. The van der Waals surface area contributed by atoms with Crippen LogP contribution in [0.1, 0.15) is 46.0 Å². The van der Waals surface area contributed by atoms with E-state index < -0.39 is 0 Å². The number of unbranched alkanes of at least 4 members (excludes halogenated alkanes) is 3. The van der Waals surface area contributed by atoms with Crippen LogP contribution in [0, 0.1) is 0 Å². The Labute approximate surface area is 98.4 Å². The first kappa shape index (κ1) is 15.4. The highest BCUT2D eigenvalue weighted by molar-refractivity contribution is 5.69. The second kappa shape index (κ2) is 10.9. The molecular weight excluding hydrogens is 206 g/mol. The zero-order valence-corrected chi connectivity index (χ0v) is 10.5. The Morgan fingerprint density at radius 2 is 2.00 bits per heavy atom. The minimum absolute atomic E-state index is 0.136. The van der Waals surface area contributed by atoms with Gasteiger partial charge in [0.05, 0.1) is 13.0 Å². The molecule has 0 amide bonds. The molecule has 0 aromatic rings. The first-order valence-corrected chi connectivity index (χ1v) is 6.20. The third-order valence-corrected chi connectivity index (χ3v) is 2.36. The van der Waals surface area contributed by atoms with Crippen LogP contribution in [0.25, 0.3) is 0 Å². The molecule has 1 atom stereocenters. The van der Waals surface area contributed by atoms with Gasteiger partial charge in [0.2, 0.25) is 0 Å². The fraction of sp³-hybridized carbons (Fsp3) is 0.917. The molecule has 0 heterocycles. The SMILES string of the molecule is CCOC(=O)CC(C)NCCCCCCO. The van der Waals surface area contributed by atoms with Crippen LogP contribution >= 0.6 is 0 Å². The molecule has 0 bridgehead atoms. The summed E-state index contributed by atoms with van der Waals surface area (Å²) in [6.45, 7) is 5.47. The number of esters is 1. The largest absolute Gasteiger partial charge is 0.466 e. The van der Waals surface area contributed by atoms with Crippen molar-refractivity contribution in [1.82, 2.24) is 5.32 Å². The zero-order chi connectivity index (χ0) is 12.2. The van der Waals surface area contributed by atoms with Gasteiger partial charge in [-0.15, -0.1) is 0 Å². The number of aliphatic hydroxyl groups is 1. The van der Waals surface area contributed by atoms with Crippen molar-refractivity contribution in [3.63, 3.8) is 0 Å². The van der Waals surface area contributed by atoms with Crippen molar-refractivity contribution in [3.8, 4) is 0 Å². The van der Waals surface area contributed by atoms with E-state index in [9.17, 15) is 4.79 Å². The molecule has 0 aromatic heterocycles. The van der Waals surface area contributed by atoms with Crippen molar-refractivity contribution in [3.05, 3.63) is 0 Å². The molecule has 16 heavy (non-hydrogen) atoms. The number of hydrogen-bond donors (Lipinski definition) is 2. The minimum atomic E-state index is -0.136. The Bertz CT molecular complexity index is 174. The van der Waals surface area contributed by atoms with Gasteiger partial charge in [0, 0.05) is 12.6 Å². The summed E-state index contributed by atoms with van der Waals surface area (Å²) in [5, 5.41) is 11.9. The maximum absolute atomic E-state index is 11.1. The Hall–Kier alpha value is -0.610. The summed E-state index contributed by atoms with van der Waals surface area (Å²) >= 11 is 0. The lowest BCUT2D eigenvalue weighted by atomic mass is 10.2. The normalized spacial score (nSPS) is 12.4. The van der Waals surface area contributed by atoms with E-state index in [1.165, 1.54) is 0 Å². The van der Waals surface area contributed by atoms with E-state index in [2.05, 4.69) is 5.32 Å². The molecule has 96 valence electrons. The molecule has 0 aromatic carbocycles. The van der Waals surface area contributed by atoms with Crippen molar-refractivity contribution in [2.45, 2.75) is 52.0 Å². The second-order valence-corrected chi connectivity index (χ2v) is 4.00. The van der Waals surface area contributed by atoms with E-state index >= 15 is 0 Å². The molecule has 0 saturated heterocycles. The summed E-state index contributed by atoms with van der Waals surface area (Å²) in [5.74, 6) is -0.136. The van der Waals surface area contributed by atoms with Gasteiger partial charge in [-0.3, -0.25) is 4.79 Å². The first-order chi connectivity index (χ1) is 7.70. The van der Waals surface area contributed by atoms with Gasteiger partial charge in [-0.25, -0.2) is 0 Å². The molecule has 2 N–H and O–H groups in total. The summed E-state index contributed by atoms with van der Waals surface area (Å²) in [4.78, 5) is 11.1. The van der Waals surface area contributed by atoms with Crippen molar-refractivity contribution < 1.29 is 14.6 Å². The van der Waals surface area contributed by atoms with Crippen LogP contribution in [0.15, 0.2) is 0 Å². The average molecular weight is 231 g/mol. The Morgan fingerprint density at radius 3 is 2.62 bits per heavy atom. The van der Waals surface area contributed by atoms with Gasteiger partial charge in [-0.1, -0.05) is 12.8 Å². The Morgan fingerprint density at radius 1 is 1.31 bits per heavy atom. The summed E-state index contributed by atoms with van der Waals surface area (Å²) in [6.07, 6.45) is 4.61. The van der Waals surface area contributed by atoms with E-state index in [0.717, 1.165) is 32.2 Å². The fourth-order valence-electron chi connectivity index (χ4n) is 1.48. The number of nitrogens with one attached hydrogen (secondary N) is 1. The third kappa shape index (κ3) is 9.93. The van der Waals surface area contributed by atoms with Crippen molar-refractivity contribution in [1.29, 1.82) is 0 Å². The number of carbonyl (C=O) groups excluding carboxylic acids is 1.